The van der Waals surface area contributed by atoms with Crippen LogP contribution in [0.1, 0.15) is 37.5 Å². The predicted molar refractivity (Wildman–Crippen MR) is 129 cm³/mol. The Morgan fingerprint density at radius 3 is 2.21 bits per heavy atom. The summed E-state index contributed by atoms with van der Waals surface area (Å²) in [5.74, 6) is 1.45. The molecule has 0 bridgehead atoms. The van der Waals surface area contributed by atoms with E-state index in [2.05, 4.69) is 23.4 Å². The van der Waals surface area contributed by atoms with Gasteiger partial charge >= 0.3 is 6.09 Å². The molecule has 0 fully saturated rings. The Labute approximate surface area is 193 Å². The Hall–Kier alpha value is -3.85. The van der Waals surface area contributed by atoms with Gasteiger partial charge in [0, 0.05) is 5.56 Å². The van der Waals surface area contributed by atoms with E-state index < -0.39 is 17.5 Å². The number of aryl methyl sites for hydroxylation is 2. The molecule has 6 heteroatoms. The number of benzene rings is 3. The second kappa shape index (κ2) is 11.7. The van der Waals surface area contributed by atoms with Crippen molar-refractivity contribution >= 4 is 17.5 Å². The third kappa shape index (κ3) is 9.04. The summed E-state index contributed by atoms with van der Waals surface area (Å²) in [5.41, 5.74) is 7.95. The molecule has 0 saturated carbocycles. The van der Waals surface area contributed by atoms with Gasteiger partial charge in [0.1, 0.15) is 17.2 Å². The molecule has 0 aromatic heterocycles. The summed E-state index contributed by atoms with van der Waals surface area (Å²) in [6.45, 7) is 5.17. The Kier molecular flexibility index (Phi) is 8.99. The summed E-state index contributed by atoms with van der Waals surface area (Å²) in [4.78, 5) is 11.4. The van der Waals surface area contributed by atoms with Crippen molar-refractivity contribution < 1.29 is 18.3 Å². The van der Waals surface area contributed by atoms with E-state index in [-0.39, 0.29) is 17.2 Å². The van der Waals surface area contributed by atoms with Crippen LogP contribution in [0.5, 0.6) is 0 Å². The third-order valence-electron chi connectivity index (χ3n) is 4.37. The Bertz CT molecular complexity index is 1120. The highest BCUT2D eigenvalue weighted by Crippen LogP contribution is 2.17. The van der Waals surface area contributed by atoms with Crippen molar-refractivity contribution in [2.75, 3.05) is 11.1 Å². The molecule has 4 nitrogen and oxygen atoms in total. The molecule has 0 aliphatic rings. The number of hydrogen-bond acceptors (Lipinski definition) is 3. The van der Waals surface area contributed by atoms with Crippen LogP contribution in [0.3, 0.4) is 0 Å². The minimum atomic E-state index is -0.717. The fourth-order valence-corrected chi connectivity index (χ4v) is 2.81. The third-order valence-corrected chi connectivity index (χ3v) is 4.37. The van der Waals surface area contributed by atoms with Gasteiger partial charge in [-0.2, -0.15) is 0 Å². The molecule has 3 aromatic carbocycles. The molecule has 3 rings (SSSR count). The van der Waals surface area contributed by atoms with Crippen LogP contribution < -0.4 is 11.1 Å². The quantitative estimate of drug-likeness (QED) is 0.360. The van der Waals surface area contributed by atoms with Crippen LogP contribution in [0.4, 0.5) is 25.0 Å². The van der Waals surface area contributed by atoms with Crippen molar-refractivity contribution in [3.05, 3.63) is 95.1 Å². The summed E-state index contributed by atoms with van der Waals surface area (Å²) >= 11 is 0. The van der Waals surface area contributed by atoms with Gasteiger partial charge < -0.3 is 10.5 Å². The van der Waals surface area contributed by atoms with E-state index >= 15 is 0 Å². The molecule has 0 unspecified atom stereocenters. The van der Waals surface area contributed by atoms with Gasteiger partial charge in [0.25, 0.3) is 0 Å². The first-order valence-corrected chi connectivity index (χ1v) is 10.4. The van der Waals surface area contributed by atoms with E-state index in [9.17, 15) is 13.6 Å². The van der Waals surface area contributed by atoms with Gasteiger partial charge in [0.2, 0.25) is 0 Å². The molecule has 1 amide bonds. The number of carbonyl (C=O) groups is 1. The van der Waals surface area contributed by atoms with E-state index in [0.717, 1.165) is 18.4 Å². The number of terminal acetylenes is 1. The van der Waals surface area contributed by atoms with Gasteiger partial charge in [0.15, 0.2) is 0 Å². The van der Waals surface area contributed by atoms with E-state index in [1.807, 2.05) is 18.2 Å². The number of nitrogens with one attached hydrogen (secondary N) is 1. The Morgan fingerprint density at radius 1 is 0.970 bits per heavy atom. The maximum absolute atomic E-state index is 13.4. The topological polar surface area (TPSA) is 64.3 Å². The zero-order chi connectivity index (χ0) is 24.4. The fourth-order valence-electron chi connectivity index (χ4n) is 2.81. The number of ether oxygens (including phenoxy) is 1. The van der Waals surface area contributed by atoms with Gasteiger partial charge in [-0.05, 0) is 75.1 Å². The molecular weight excluding hydrogens is 422 g/mol. The lowest BCUT2D eigenvalue weighted by Gasteiger charge is -2.19. The Balaban J connectivity index is 0.000000234. The standard InChI is InChI=1S/C14H14FN.C13H14FNO2/c15-13-9-8-12(10-14(13)16)7-6-11-4-2-1-3-5-11;1-5-9-6-7-10(14)11(8-9)15-12(16)17-13(2,3)4/h1-5,8-10H,6-7,16H2;1,6-8H,2-4H3,(H,15,16). The summed E-state index contributed by atoms with van der Waals surface area (Å²) in [7, 11) is 0. The second-order valence-corrected chi connectivity index (χ2v) is 8.31. The molecule has 0 radical (unpaired) electrons. The van der Waals surface area contributed by atoms with Crippen molar-refractivity contribution in [2.45, 2.75) is 39.2 Å². The fraction of sp³-hybridized carbons (Fsp3) is 0.222. The zero-order valence-corrected chi connectivity index (χ0v) is 19.0. The number of carbonyl (C=O) groups excluding carboxylic acids is 1. The summed E-state index contributed by atoms with van der Waals surface area (Å²) in [6.07, 6.45) is 6.30. The van der Waals surface area contributed by atoms with Crippen molar-refractivity contribution in [3.63, 3.8) is 0 Å². The number of anilines is 2. The molecule has 172 valence electrons. The maximum Gasteiger partial charge on any atom is 0.412 e. The molecular formula is C27H28F2N2O2. The number of hydrogen-bond donors (Lipinski definition) is 2. The minimum absolute atomic E-state index is 0.00898. The maximum atomic E-state index is 13.4. The van der Waals surface area contributed by atoms with Crippen LogP contribution >= 0.6 is 0 Å². The smallest absolute Gasteiger partial charge is 0.412 e. The lowest BCUT2D eigenvalue weighted by Crippen LogP contribution is -2.27. The van der Waals surface area contributed by atoms with Gasteiger partial charge in [-0.25, -0.2) is 13.6 Å². The van der Waals surface area contributed by atoms with Crippen LogP contribution in [0.2, 0.25) is 0 Å². The van der Waals surface area contributed by atoms with Crippen molar-refractivity contribution in [1.82, 2.24) is 0 Å². The Morgan fingerprint density at radius 2 is 1.61 bits per heavy atom. The molecule has 0 aliphatic heterocycles. The first-order chi connectivity index (χ1) is 15.6. The number of nitrogens with two attached hydrogens (primary N) is 1. The van der Waals surface area contributed by atoms with E-state index in [1.165, 1.54) is 29.8 Å². The summed E-state index contributed by atoms with van der Waals surface area (Å²) < 4.78 is 31.3. The molecule has 0 atom stereocenters. The van der Waals surface area contributed by atoms with E-state index in [0.29, 0.717) is 5.56 Å². The lowest BCUT2D eigenvalue weighted by molar-refractivity contribution is 0.0635. The number of halogens is 2. The van der Waals surface area contributed by atoms with E-state index in [1.54, 1.807) is 32.9 Å². The van der Waals surface area contributed by atoms with Gasteiger partial charge in [0.05, 0.1) is 11.4 Å². The molecule has 0 spiro atoms. The molecule has 0 saturated heterocycles. The minimum Gasteiger partial charge on any atom is -0.444 e. The highest BCUT2D eigenvalue weighted by Gasteiger charge is 2.17. The van der Waals surface area contributed by atoms with E-state index in [4.69, 9.17) is 16.9 Å². The SMILES string of the molecule is C#Cc1ccc(F)c(NC(=O)OC(C)(C)C)c1.Nc1cc(CCc2ccccc2)ccc1F. The highest BCUT2D eigenvalue weighted by atomic mass is 19.1. The molecule has 3 aromatic rings. The van der Waals surface area contributed by atoms with Crippen LogP contribution in [0.15, 0.2) is 66.7 Å². The van der Waals surface area contributed by atoms with Crippen molar-refractivity contribution in [1.29, 1.82) is 0 Å². The first-order valence-electron chi connectivity index (χ1n) is 10.4. The van der Waals surface area contributed by atoms with Crippen LogP contribution in [0.25, 0.3) is 0 Å². The van der Waals surface area contributed by atoms with Crippen LogP contribution in [-0.4, -0.2) is 11.7 Å². The predicted octanol–water partition coefficient (Wildman–Crippen LogP) is 6.35. The lowest BCUT2D eigenvalue weighted by atomic mass is 10.0. The van der Waals surface area contributed by atoms with Crippen molar-refractivity contribution in [2.24, 2.45) is 0 Å². The number of nitrogen functional groups attached to an aromatic ring is 1. The van der Waals surface area contributed by atoms with Gasteiger partial charge in [-0.3, -0.25) is 5.32 Å². The molecule has 0 heterocycles. The van der Waals surface area contributed by atoms with Crippen LogP contribution in [0, 0.1) is 24.0 Å². The average molecular weight is 451 g/mol. The zero-order valence-electron chi connectivity index (χ0n) is 19.0. The average Bonchev–Trinajstić information content (AvgIpc) is 2.76. The second-order valence-electron chi connectivity index (χ2n) is 8.31. The summed E-state index contributed by atoms with van der Waals surface area (Å²) in [5, 5.41) is 2.31. The first kappa shape index (κ1) is 25.4. The van der Waals surface area contributed by atoms with Crippen LogP contribution in [-0.2, 0) is 17.6 Å². The van der Waals surface area contributed by atoms with Crippen molar-refractivity contribution in [3.8, 4) is 12.3 Å². The van der Waals surface area contributed by atoms with Gasteiger partial charge in [-0.15, -0.1) is 6.42 Å². The monoisotopic (exact) mass is 450 g/mol. The summed E-state index contributed by atoms with van der Waals surface area (Å²) in [6, 6.07) is 19.2. The van der Waals surface area contributed by atoms with Gasteiger partial charge in [-0.1, -0.05) is 42.3 Å². The normalized spacial score (nSPS) is 10.4. The molecule has 0 aliphatic carbocycles. The largest absolute Gasteiger partial charge is 0.444 e. The number of rotatable bonds is 4. The highest BCUT2D eigenvalue weighted by molar-refractivity contribution is 5.85. The molecule has 3 N–H and O–H groups in total. The number of amides is 1. The molecule has 33 heavy (non-hydrogen) atoms.